The minimum atomic E-state index is -0.162. The molecule has 0 aliphatic heterocycles. The zero-order valence-electron chi connectivity index (χ0n) is 11.6. The van der Waals surface area contributed by atoms with Gasteiger partial charge in [-0.1, -0.05) is 62.9 Å². The van der Waals surface area contributed by atoms with E-state index >= 15 is 0 Å². The Morgan fingerprint density at radius 3 is 2.58 bits per heavy atom. The molecule has 0 N–H and O–H groups in total. The molecular formula is C16H23NO2. The van der Waals surface area contributed by atoms with Crippen LogP contribution in [0.5, 0.6) is 0 Å². The molecule has 0 aromatic heterocycles. The second kappa shape index (κ2) is 6.69. The highest BCUT2D eigenvalue weighted by molar-refractivity contribution is 5.19. The molecule has 1 saturated carbocycles. The van der Waals surface area contributed by atoms with E-state index in [0.29, 0.717) is 11.8 Å². The van der Waals surface area contributed by atoms with Gasteiger partial charge in [-0.3, -0.25) is 10.1 Å². The number of nitro groups is 1. The summed E-state index contributed by atoms with van der Waals surface area (Å²) < 4.78 is 0. The van der Waals surface area contributed by atoms with Crippen LogP contribution in [-0.4, -0.2) is 11.5 Å². The lowest BCUT2D eigenvalue weighted by Gasteiger charge is -2.31. The first-order valence-corrected chi connectivity index (χ1v) is 7.33. The van der Waals surface area contributed by atoms with Crippen LogP contribution < -0.4 is 0 Å². The number of nitrogens with zero attached hydrogens (tertiary/aromatic N) is 1. The third kappa shape index (κ3) is 4.05. The molecule has 3 atom stereocenters. The predicted octanol–water partition coefficient (Wildman–Crippen LogP) is 4.26. The second-order valence-corrected chi connectivity index (χ2v) is 5.88. The molecule has 0 saturated heterocycles. The number of hydrogen-bond donors (Lipinski definition) is 0. The molecule has 104 valence electrons. The maximum atomic E-state index is 10.9. The molecule has 0 radical (unpaired) electrons. The Kier molecular flexibility index (Phi) is 4.94. The van der Waals surface area contributed by atoms with Gasteiger partial charge >= 0.3 is 0 Å². The van der Waals surface area contributed by atoms with E-state index in [-0.39, 0.29) is 17.4 Å². The summed E-state index contributed by atoms with van der Waals surface area (Å²) in [7, 11) is 0. The third-order valence-electron chi connectivity index (χ3n) is 4.52. The van der Waals surface area contributed by atoms with Crippen molar-refractivity contribution in [2.45, 2.75) is 44.9 Å². The summed E-state index contributed by atoms with van der Waals surface area (Å²) in [5.41, 5.74) is 1.12. The van der Waals surface area contributed by atoms with Gasteiger partial charge in [-0.25, -0.2) is 0 Å². The maximum absolute atomic E-state index is 10.9. The molecule has 19 heavy (non-hydrogen) atoms. The van der Waals surface area contributed by atoms with Crippen LogP contribution in [0.4, 0.5) is 0 Å². The van der Waals surface area contributed by atoms with Crippen molar-refractivity contribution in [3.8, 4) is 0 Å². The van der Waals surface area contributed by atoms with E-state index in [4.69, 9.17) is 0 Å². The van der Waals surface area contributed by atoms with Gasteiger partial charge in [0.1, 0.15) is 0 Å². The van der Waals surface area contributed by atoms with Gasteiger partial charge in [0.15, 0.2) is 0 Å². The number of benzene rings is 1. The van der Waals surface area contributed by atoms with Gasteiger partial charge < -0.3 is 0 Å². The largest absolute Gasteiger partial charge is 0.265 e. The van der Waals surface area contributed by atoms with Crippen LogP contribution >= 0.6 is 0 Å². The fraction of sp³-hybridized carbons (Fsp3) is 0.625. The first-order valence-electron chi connectivity index (χ1n) is 7.33. The molecule has 3 heteroatoms. The van der Waals surface area contributed by atoms with Crippen molar-refractivity contribution in [2.75, 3.05) is 6.54 Å². The van der Waals surface area contributed by atoms with E-state index in [1.807, 2.05) is 30.3 Å². The molecule has 0 heterocycles. The van der Waals surface area contributed by atoms with Gasteiger partial charge in [0.05, 0.1) is 0 Å². The smallest absolute Gasteiger partial charge is 0.210 e. The molecule has 3 nitrogen and oxygen atoms in total. The molecule has 0 spiro atoms. The van der Waals surface area contributed by atoms with Crippen LogP contribution in [-0.2, 0) is 0 Å². The minimum Gasteiger partial charge on any atom is -0.265 e. The van der Waals surface area contributed by atoms with Crippen LogP contribution in [0, 0.1) is 22.0 Å². The zero-order chi connectivity index (χ0) is 13.7. The van der Waals surface area contributed by atoms with Gasteiger partial charge in [-0.05, 0) is 23.8 Å². The molecule has 0 bridgehead atoms. The van der Waals surface area contributed by atoms with Gasteiger partial charge in [0.25, 0.3) is 0 Å². The summed E-state index contributed by atoms with van der Waals surface area (Å²) in [5, 5.41) is 10.9. The molecule has 1 aliphatic carbocycles. The van der Waals surface area contributed by atoms with Gasteiger partial charge in [-0.2, -0.15) is 0 Å². The summed E-state index contributed by atoms with van der Waals surface area (Å²) in [4.78, 5) is 10.8. The average Bonchev–Trinajstić information content (AvgIpc) is 2.41. The molecule has 2 rings (SSSR count). The molecule has 1 aliphatic rings. The van der Waals surface area contributed by atoms with Crippen LogP contribution in [0.1, 0.15) is 50.5 Å². The standard InChI is InChI=1S/C16H23NO2/c1-13-7-5-6-10-15(13)11-16(12-17(18)19)14-8-3-2-4-9-14/h2-4,8-9,13,15-16H,5-7,10-12H2,1H3/t13-,15-,16?/m0/s1. The van der Waals surface area contributed by atoms with Crippen molar-refractivity contribution in [3.63, 3.8) is 0 Å². The Bertz CT molecular complexity index is 404. The normalized spacial score (nSPS) is 24.9. The van der Waals surface area contributed by atoms with E-state index < -0.39 is 0 Å². The summed E-state index contributed by atoms with van der Waals surface area (Å²) in [6.45, 7) is 2.37. The summed E-state index contributed by atoms with van der Waals surface area (Å²) in [6, 6.07) is 9.98. The predicted molar refractivity (Wildman–Crippen MR) is 76.8 cm³/mol. The summed E-state index contributed by atoms with van der Waals surface area (Å²) >= 11 is 0. The van der Waals surface area contributed by atoms with Crippen molar-refractivity contribution >= 4 is 0 Å². The van der Waals surface area contributed by atoms with Crippen molar-refractivity contribution in [1.29, 1.82) is 0 Å². The highest BCUT2D eigenvalue weighted by Gasteiger charge is 2.27. The van der Waals surface area contributed by atoms with E-state index in [2.05, 4.69) is 6.92 Å². The van der Waals surface area contributed by atoms with E-state index in [1.54, 1.807) is 0 Å². The van der Waals surface area contributed by atoms with Crippen LogP contribution in [0.2, 0.25) is 0 Å². The van der Waals surface area contributed by atoms with Crippen LogP contribution in [0.3, 0.4) is 0 Å². The Labute approximate surface area is 115 Å². The molecule has 1 unspecified atom stereocenters. The molecule has 1 fully saturated rings. The van der Waals surface area contributed by atoms with Gasteiger partial charge in [0.2, 0.25) is 6.54 Å². The molecule has 0 amide bonds. The highest BCUT2D eigenvalue weighted by Crippen LogP contribution is 2.36. The lowest BCUT2D eigenvalue weighted by Crippen LogP contribution is -2.22. The SMILES string of the molecule is C[C@H]1CCCC[C@H]1CC(C[N+](=O)[O-])c1ccccc1. The summed E-state index contributed by atoms with van der Waals surface area (Å²) in [6.07, 6.45) is 6.09. The van der Waals surface area contributed by atoms with Crippen molar-refractivity contribution in [3.05, 3.63) is 46.0 Å². The van der Waals surface area contributed by atoms with Gasteiger partial charge in [0, 0.05) is 10.8 Å². The average molecular weight is 261 g/mol. The first kappa shape index (κ1) is 14.0. The van der Waals surface area contributed by atoms with E-state index in [1.165, 1.54) is 25.7 Å². The zero-order valence-corrected chi connectivity index (χ0v) is 11.6. The fourth-order valence-corrected chi connectivity index (χ4v) is 3.33. The Morgan fingerprint density at radius 2 is 1.95 bits per heavy atom. The van der Waals surface area contributed by atoms with Crippen molar-refractivity contribution in [1.82, 2.24) is 0 Å². The number of hydrogen-bond acceptors (Lipinski definition) is 2. The van der Waals surface area contributed by atoms with Crippen LogP contribution in [0.15, 0.2) is 30.3 Å². The number of rotatable bonds is 5. The Morgan fingerprint density at radius 1 is 1.26 bits per heavy atom. The quantitative estimate of drug-likeness (QED) is 0.587. The van der Waals surface area contributed by atoms with Crippen molar-refractivity contribution in [2.24, 2.45) is 11.8 Å². The molecule has 1 aromatic carbocycles. The van der Waals surface area contributed by atoms with Crippen LogP contribution in [0.25, 0.3) is 0 Å². The maximum Gasteiger partial charge on any atom is 0.210 e. The summed E-state index contributed by atoms with van der Waals surface area (Å²) in [5.74, 6) is 1.44. The lowest BCUT2D eigenvalue weighted by molar-refractivity contribution is -0.483. The fourth-order valence-electron chi connectivity index (χ4n) is 3.33. The minimum absolute atomic E-state index is 0.0627. The second-order valence-electron chi connectivity index (χ2n) is 5.88. The van der Waals surface area contributed by atoms with E-state index in [0.717, 1.165) is 12.0 Å². The Hall–Kier alpha value is -1.38. The van der Waals surface area contributed by atoms with E-state index in [9.17, 15) is 10.1 Å². The highest BCUT2D eigenvalue weighted by atomic mass is 16.6. The molecular weight excluding hydrogens is 238 g/mol. The van der Waals surface area contributed by atoms with Gasteiger partial charge in [-0.15, -0.1) is 0 Å². The lowest BCUT2D eigenvalue weighted by atomic mass is 9.74. The topological polar surface area (TPSA) is 43.1 Å². The molecule has 1 aromatic rings. The van der Waals surface area contributed by atoms with Crippen molar-refractivity contribution < 1.29 is 4.92 Å². The Balaban J connectivity index is 2.07. The first-order chi connectivity index (χ1) is 9.16. The third-order valence-corrected chi connectivity index (χ3v) is 4.52. The monoisotopic (exact) mass is 261 g/mol.